The van der Waals surface area contributed by atoms with Crippen LogP contribution in [0.15, 0.2) is 5.16 Å². The monoisotopic (exact) mass is 242 g/mol. The SMILES string of the molecule is CON=C1C[C@@H](C=O)N(C(=O)OC(C)(C)C)C1. The van der Waals surface area contributed by atoms with Gasteiger partial charge >= 0.3 is 6.09 Å². The Kier molecular flexibility index (Phi) is 4.09. The molecule has 0 spiro atoms. The summed E-state index contributed by atoms with van der Waals surface area (Å²) < 4.78 is 5.21. The molecule has 6 heteroatoms. The number of hydrogen-bond acceptors (Lipinski definition) is 5. The van der Waals surface area contributed by atoms with Crippen molar-refractivity contribution >= 4 is 18.1 Å². The minimum absolute atomic E-state index is 0.270. The largest absolute Gasteiger partial charge is 0.444 e. The second-order valence-corrected chi connectivity index (χ2v) is 4.86. The van der Waals surface area contributed by atoms with Gasteiger partial charge in [0.2, 0.25) is 0 Å². The van der Waals surface area contributed by atoms with Gasteiger partial charge in [-0.3, -0.25) is 4.90 Å². The lowest BCUT2D eigenvalue weighted by molar-refractivity contribution is -0.111. The molecule has 0 aromatic carbocycles. The fourth-order valence-corrected chi connectivity index (χ4v) is 1.57. The molecule has 1 atom stereocenters. The van der Waals surface area contributed by atoms with Crippen molar-refractivity contribution in [3.63, 3.8) is 0 Å². The predicted molar refractivity (Wildman–Crippen MR) is 61.9 cm³/mol. The van der Waals surface area contributed by atoms with Crippen molar-refractivity contribution in [2.75, 3.05) is 13.7 Å². The molecule has 1 fully saturated rings. The van der Waals surface area contributed by atoms with Crippen molar-refractivity contribution in [3.05, 3.63) is 0 Å². The molecule has 0 radical (unpaired) electrons. The van der Waals surface area contributed by atoms with Crippen LogP contribution in [0.5, 0.6) is 0 Å². The van der Waals surface area contributed by atoms with Crippen LogP contribution in [0.25, 0.3) is 0 Å². The fourth-order valence-electron chi connectivity index (χ4n) is 1.57. The molecule has 0 aromatic heterocycles. The molecule has 1 amide bonds. The Morgan fingerprint density at radius 1 is 1.53 bits per heavy atom. The lowest BCUT2D eigenvalue weighted by atomic mass is 10.2. The summed E-state index contributed by atoms with van der Waals surface area (Å²) in [5, 5.41) is 3.76. The zero-order chi connectivity index (χ0) is 13.1. The molecule has 0 aromatic rings. The van der Waals surface area contributed by atoms with Gasteiger partial charge in [0, 0.05) is 6.42 Å². The van der Waals surface area contributed by atoms with E-state index in [1.54, 1.807) is 20.8 Å². The summed E-state index contributed by atoms with van der Waals surface area (Å²) in [5.41, 5.74) is 0.0848. The molecule has 0 N–H and O–H groups in total. The number of rotatable bonds is 2. The van der Waals surface area contributed by atoms with E-state index in [0.717, 1.165) is 6.29 Å². The third kappa shape index (κ3) is 3.72. The molecule has 1 saturated heterocycles. The minimum Gasteiger partial charge on any atom is -0.444 e. The Morgan fingerprint density at radius 2 is 2.18 bits per heavy atom. The zero-order valence-corrected chi connectivity index (χ0v) is 10.6. The van der Waals surface area contributed by atoms with E-state index in [4.69, 9.17) is 4.74 Å². The second-order valence-electron chi connectivity index (χ2n) is 4.86. The Labute approximate surface area is 101 Å². The maximum Gasteiger partial charge on any atom is 0.411 e. The van der Waals surface area contributed by atoms with E-state index in [9.17, 15) is 9.59 Å². The molecule has 1 aliphatic rings. The standard InChI is InChI=1S/C11H18N2O4/c1-11(2,3)17-10(15)13-6-8(12-16-4)5-9(13)7-14/h7,9H,5-6H2,1-4H3/t9-/m0/s1. The number of aldehydes is 1. The first-order valence-electron chi connectivity index (χ1n) is 5.41. The predicted octanol–water partition coefficient (Wildman–Crippen LogP) is 1.20. The van der Waals surface area contributed by atoms with Crippen molar-refractivity contribution in [2.24, 2.45) is 5.16 Å². The van der Waals surface area contributed by atoms with Gasteiger partial charge < -0.3 is 14.4 Å². The van der Waals surface area contributed by atoms with Gasteiger partial charge in [-0.1, -0.05) is 5.16 Å². The van der Waals surface area contributed by atoms with Crippen LogP contribution in [-0.4, -0.2) is 48.3 Å². The summed E-state index contributed by atoms with van der Waals surface area (Å²) in [7, 11) is 1.43. The Hall–Kier alpha value is -1.59. The smallest absolute Gasteiger partial charge is 0.411 e. The maximum absolute atomic E-state index is 11.8. The summed E-state index contributed by atoms with van der Waals surface area (Å²) in [6.07, 6.45) is 0.620. The summed E-state index contributed by atoms with van der Waals surface area (Å²) in [6, 6.07) is -0.515. The van der Waals surface area contributed by atoms with Crippen LogP contribution in [0.2, 0.25) is 0 Å². The molecular formula is C11H18N2O4. The van der Waals surface area contributed by atoms with Crippen molar-refractivity contribution < 1.29 is 19.2 Å². The van der Waals surface area contributed by atoms with Gasteiger partial charge in [0.25, 0.3) is 0 Å². The lowest BCUT2D eigenvalue weighted by Crippen LogP contribution is -2.40. The average molecular weight is 242 g/mol. The van der Waals surface area contributed by atoms with E-state index in [1.165, 1.54) is 12.0 Å². The Morgan fingerprint density at radius 3 is 2.65 bits per heavy atom. The van der Waals surface area contributed by atoms with Crippen LogP contribution < -0.4 is 0 Å². The molecule has 1 aliphatic heterocycles. The molecule has 0 bridgehead atoms. The molecule has 0 aliphatic carbocycles. The highest BCUT2D eigenvalue weighted by Gasteiger charge is 2.35. The lowest BCUT2D eigenvalue weighted by Gasteiger charge is -2.25. The van der Waals surface area contributed by atoms with Crippen molar-refractivity contribution in [1.82, 2.24) is 4.90 Å². The highest BCUT2D eigenvalue weighted by atomic mass is 16.6. The van der Waals surface area contributed by atoms with E-state index >= 15 is 0 Å². The van der Waals surface area contributed by atoms with Crippen molar-refractivity contribution in [2.45, 2.75) is 38.8 Å². The second kappa shape index (κ2) is 5.16. The van der Waals surface area contributed by atoms with Crippen LogP contribution in [0.3, 0.4) is 0 Å². The average Bonchev–Trinajstić information content (AvgIpc) is 2.59. The van der Waals surface area contributed by atoms with Gasteiger partial charge in [-0.25, -0.2) is 4.79 Å². The molecule has 0 unspecified atom stereocenters. The van der Waals surface area contributed by atoms with E-state index in [1.807, 2.05) is 0 Å². The molecule has 1 heterocycles. The third-order valence-corrected chi connectivity index (χ3v) is 2.20. The molecule has 6 nitrogen and oxygen atoms in total. The molecule has 0 saturated carbocycles. The molecule has 17 heavy (non-hydrogen) atoms. The first-order chi connectivity index (χ1) is 7.87. The van der Waals surface area contributed by atoms with Crippen LogP contribution in [0, 0.1) is 0 Å². The van der Waals surface area contributed by atoms with Crippen molar-refractivity contribution in [3.8, 4) is 0 Å². The Bertz CT molecular complexity index is 333. The fraction of sp³-hybridized carbons (Fsp3) is 0.727. The number of hydrogen-bond donors (Lipinski definition) is 0. The number of nitrogens with zero attached hydrogens (tertiary/aromatic N) is 2. The molecule has 1 rings (SSSR count). The molecule has 96 valence electrons. The van der Waals surface area contributed by atoms with E-state index in [0.29, 0.717) is 12.1 Å². The van der Waals surface area contributed by atoms with Gasteiger partial charge in [0.15, 0.2) is 0 Å². The van der Waals surface area contributed by atoms with Gasteiger partial charge in [-0.15, -0.1) is 0 Å². The number of carbonyl (C=O) groups is 2. The van der Waals surface area contributed by atoms with Gasteiger partial charge in [-0.05, 0) is 20.8 Å². The number of carbonyl (C=O) groups excluding carboxylic acids is 2. The third-order valence-electron chi connectivity index (χ3n) is 2.20. The van der Waals surface area contributed by atoms with E-state index in [2.05, 4.69) is 9.99 Å². The van der Waals surface area contributed by atoms with Crippen LogP contribution >= 0.6 is 0 Å². The van der Waals surface area contributed by atoms with Crippen LogP contribution in [0.4, 0.5) is 4.79 Å². The van der Waals surface area contributed by atoms with Crippen LogP contribution in [-0.2, 0) is 14.4 Å². The summed E-state index contributed by atoms with van der Waals surface area (Å²) in [4.78, 5) is 28.7. The number of ether oxygens (including phenoxy) is 1. The normalized spacial score (nSPS) is 22.7. The zero-order valence-electron chi connectivity index (χ0n) is 10.6. The summed E-state index contributed by atoms with van der Waals surface area (Å²) >= 11 is 0. The van der Waals surface area contributed by atoms with E-state index in [-0.39, 0.29) is 6.54 Å². The van der Waals surface area contributed by atoms with Crippen molar-refractivity contribution in [1.29, 1.82) is 0 Å². The first kappa shape index (κ1) is 13.5. The van der Waals surface area contributed by atoms with Gasteiger partial charge in [0.1, 0.15) is 19.0 Å². The minimum atomic E-state index is -0.578. The van der Waals surface area contributed by atoms with Gasteiger partial charge in [0.05, 0.1) is 18.3 Å². The summed E-state index contributed by atoms with van der Waals surface area (Å²) in [6.45, 7) is 5.61. The quantitative estimate of drug-likeness (QED) is 0.539. The Balaban J connectivity index is 2.72. The first-order valence-corrected chi connectivity index (χ1v) is 5.41. The van der Waals surface area contributed by atoms with E-state index < -0.39 is 17.7 Å². The topological polar surface area (TPSA) is 68.2 Å². The number of amides is 1. The number of likely N-dealkylation sites (tertiary alicyclic amines) is 1. The maximum atomic E-state index is 11.8. The highest BCUT2D eigenvalue weighted by Crippen LogP contribution is 2.18. The summed E-state index contributed by atoms with van der Waals surface area (Å²) in [5.74, 6) is 0. The van der Waals surface area contributed by atoms with Crippen LogP contribution in [0.1, 0.15) is 27.2 Å². The number of oxime groups is 1. The highest BCUT2D eigenvalue weighted by molar-refractivity contribution is 5.95. The van der Waals surface area contributed by atoms with Gasteiger partial charge in [-0.2, -0.15) is 0 Å². The molecular weight excluding hydrogens is 224 g/mol.